The third kappa shape index (κ3) is 4.12. The molecule has 5 nitrogen and oxygen atoms in total. The molecule has 0 aliphatic rings. The van der Waals surface area contributed by atoms with Gasteiger partial charge < -0.3 is 14.1 Å². The molecule has 0 saturated carbocycles. The summed E-state index contributed by atoms with van der Waals surface area (Å²) < 4.78 is 10.8. The number of nitrogens with zero attached hydrogens (tertiary/aromatic N) is 1. The molecule has 0 atom stereocenters. The van der Waals surface area contributed by atoms with Crippen molar-refractivity contribution in [3.05, 3.63) is 40.2 Å². The van der Waals surface area contributed by atoms with Crippen molar-refractivity contribution in [1.29, 1.82) is 0 Å². The maximum absolute atomic E-state index is 12.0. The van der Waals surface area contributed by atoms with Crippen molar-refractivity contribution in [2.24, 2.45) is 0 Å². The molecule has 0 N–H and O–H groups in total. The molecule has 1 aromatic carbocycles. The van der Waals surface area contributed by atoms with Gasteiger partial charge in [-0.3, -0.25) is 4.79 Å². The quantitative estimate of drug-likeness (QED) is 0.737. The molecular weight excluding hydrogens is 294 g/mol. The maximum Gasteiger partial charge on any atom is 0.336 e. The van der Waals surface area contributed by atoms with Gasteiger partial charge in [-0.05, 0) is 38.0 Å². The van der Waals surface area contributed by atoms with Gasteiger partial charge in [0.05, 0.1) is 0 Å². The number of carbonyl (C=O) groups is 1. The van der Waals surface area contributed by atoms with Gasteiger partial charge in [0, 0.05) is 30.6 Å². The van der Waals surface area contributed by atoms with E-state index in [4.69, 9.17) is 9.15 Å². The predicted molar refractivity (Wildman–Crippen MR) is 89.9 cm³/mol. The lowest BCUT2D eigenvalue weighted by molar-refractivity contribution is -0.132. The SMILES string of the molecule is CCCc1cc(=O)oc2cc(OCC(=O)N(CC)CC)ccc12. The summed E-state index contributed by atoms with van der Waals surface area (Å²) in [6.45, 7) is 7.23. The number of rotatable bonds is 7. The van der Waals surface area contributed by atoms with Gasteiger partial charge in [-0.15, -0.1) is 0 Å². The van der Waals surface area contributed by atoms with E-state index in [2.05, 4.69) is 6.92 Å². The molecule has 5 heteroatoms. The first-order chi connectivity index (χ1) is 11.1. The lowest BCUT2D eigenvalue weighted by Gasteiger charge is -2.18. The third-order valence-corrected chi connectivity index (χ3v) is 3.80. The highest BCUT2D eigenvalue weighted by molar-refractivity contribution is 5.82. The predicted octanol–water partition coefficient (Wildman–Crippen LogP) is 2.99. The Morgan fingerprint density at radius 2 is 1.91 bits per heavy atom. The topological polar surface area (TPSA) is 59.8 Å². The zero-order chi connectivity index (χ0) is 16.8. The Labute approximate surface area is 135 Å². The van der Waals surface area contributed by atoms with Crippen LogP contribution in [-0.4, -0.2) is 30.5 Å². The standard InChI is InChI=1S/C18H23NO4/c1-4-7-13-10-18(21)23-16-11-14(8-9-15(13)16)22-12-17(20)19(5-2)6-3/h8-11H,4-7,12H2,1-3H3. The third-order valence-electron chi connectivity index (χ3n) is 3.80. The summed E-state index contributed by atoms with van der Waals surface area (Å²) >= 11 is 0. The van der Waals surface area contributed by atoms with Crippen molar-refractivity contribution in [3.8, 4) is 5.75 Å². The molecule has 0 aliphatic heterocycles. The molecule has 1 heterocycles. The number of hydrogen-bond acceptors (Lipinski definition) is 4. The highest BCUT2D eigenvalue weighted by Gasteiger charge is 2.11. The number of aryl methyl sites for hydroxylation is 1. The van der Waals surface area contributed by atoms with Crippen LogP contribution in [0.2, 0.25) is 0 Å². The summed E-state index contributed by atoms with van der Waals surface area (Å²) in [4.78, 5) is 25.3. The van der Waals surface area contributed by atoms with Crippen molar-refractivity contribution in [1.82, 2.24) is 4.90 Å². The smallest absolute Gasteiger partial charge is 0.336 e. The Morgan fingerprint density at radius 3 is 2.57 bits per heavy atom. The molecule has 0 aliphatic carbocycles. The van der Waals surface area contributed by atoms with E-state index >= 15 is 0 Å². The Kier molecular flexibility index (Phi) is 5.79. The van der Waals surface area contributed by atoms with E-state index < -0.39 is 0 Å². The molecule has 0 unspecified atom stereocenters. The van der Waals surface area contributed by atoms with Crippen LogP contribution in [-0.2, 0) is 11.2 Å². The van der Waals surface area contributed by atoms with Crippen molar-refractivity contribution in [2.45, 2.75) is 33.6 Å². The fourth-order valence-electron chi connectivity index (χ4n) is 2.59. The summed E-state index contributed by atoms with van der Waals surface area (Å²) in [6, 6.07) is 6.89. The molecule has 0 spiro atoms. The number of benzene rings is 1. The van der Waals surface area contributed by atoms with Crippen LogP contribution in [0.3, 0.4) is 0 Å². The van der Waals surface area contributed by atoms with Crippen molar-refractivity contribution < 1.29 is 13.9 Å². The average molecular weight is 317 g/mol. The van der Waals surface area contributed by atoms with E-state index in [9.17, 15) is 9.59 Å². The Hall–Kier alpha value is -2.30. The van der Waals surface area contributed by atoms with Crippen LogP contribution in [0.5, 0.6) is 5.75 Å². The first-order valence-electron chi connectivity index (χ1n) is 8.06. The van der Waals surface area contributed by atoms with E-state index in [0.29, 0.717) is 24.4 Å². The monoisotopic (exact) mass is 317 g/mol. The first-order valence-corrected chi connectivity index (χ1v) is 8.06. The van der Waals surface area contributed by atoms with E-state index in [1.807, 2.05) is 19.9 Å². The van der Waals surface area contributed by atoms with Crippen LogP contribution in [0.4, 0.5) is 0 Å². The van der Waals surface area contributed by atoms with Gasteiger partial charge >= 0.3 is 5.63 Å². The molecule has 0 saturated heterocycles. The van der Waals surface area contributed by atoms with Gasteiger partial charge in [-0.25, -0.2) is 4.79 Å². The molecule has 0 fully saturated rings. The zero-order valence-corrected chi connectivity index (χ0v) is 13.9. The lowest BCUT2D eigenvalue weighted by Crippen LogP contribution is -2.34. The van der Waals surface area contributed by atoms with E-state index in [-0.39, 0.29) is 18.1 Å². The number of likely N-dealkylation sites (N-methyl/N-ethyl adjacent to an activating group) is 1. The molecule has 0 bridgehead atoms. The number of carbonyl (C=O) groups excluding carboxylic acids is 1. The lowest BCUT2D eigenvalue weighted by atomic mass is 10.1. The second kappa shape index (κ2) is 7.81. The Morgan fingerprint density at radius 1 is 1.17 bits per heavy atom. The van der Waals surface area contributed by atoms with Crippen molar-refractivity contribution >= 4 is 16.9 Å². The van der Waals surface area contributed by atoms with Gasteiger partial charge in [0.1, 0.15) is 11.3 Å². The van der Waals surface area contributed by atoms with E-state index in [1.165, 1.54) is 6.07 Å². The van der Waals surface area contributed by atoms with Crippen LogP contribution in [0.15, 0.2) is 33.5 Å². The van der Waals surface area contributed by atoms with Crippen LogP contribution in [0, 0.1) is 0 Å². The van der Waals surface area contributed by atoms with Gasteiger partial charge in [0.25, 0.3) is 5.91 Å². The average Bonchev–Trinajstić information content (AvgIpc) is 2.54. The van der Waals surface area contributed by atoms with Crippen LogP contribution < -0.4 is 10.4 Å². The summed E-state index contributed by atoms with van der Waals surface area (Å²) in [6.07, 6.45) is 1.78. The van der Waals surface area contributed by atoms with Crippen LogP contribution >= 0.6 is 0 Å². The van der Waals surface area contributed by atoms with Gasteiger partial charge in [0.15, 0.2) is 6.61 Å². The molecule has 1 amide bonds. The summed E-state index contributed by atoms with van der Waals surface area (Å²) in [5, 5.41) is 0.911. The van der Waals surface area contributed by atoms with E-state index in [1.54, 1.807) is 17.0 Å². The number of ether oxygens (including phenoxy) is 1. The second-order valence-electron chi connectivity index (χ2n) is 5.35. The van der Waals surface area contributed by atoms with Gasteiger partial charge in [-0.2, -0.15) is 0 Å². The minimum atomic E-state index is -0.364. The highest BCUT2D eigenvalue weighted by atomic mass is 16.5. The van der Waals surface area contributed by atoms with E-state index in [0.717, 1.165) is 23.8 Å². The minimum Gasteiger partial charge on any atom is -0.484 e. The zero-order valence-electron chi connectivity index (χ0n) is 13.9. The molecule has 2 rings (SSSR count). The first kappa shape index (κ1) is 17.1. The molecule has 1 aromatic heterocycles. The van der Waals surface area contributed by atoms with Gasteiger partial charge in [-0.1, -0.05) is 13.3 Å². The summed E-state index contributed by atoms with van der Waals surface area (Å²) in [5.74, 6) is 0.464. The fourth-order valence-corrected chi connectivity index (χ4v) is 2.59. The number of amides is 1. The molecule has 124 valence electrons. The van der Waals surface area contributed by atoms with Gasteiger partial charge in [0.2, 0.25) is 0 Å². The maximum atomic E-state index is 12.0. The van der Waals surface area contributed by atoms with Crippen LogP contribution in [0.25, 0.3) is 11.0 Å². The summed E-state index contributed by atoms with van der Waals surface area (Å²) in [5.41, 5.74) is 1.11. The Bertz CT molecular complexity index is 731. The largest absolute Gasteiger partial charge is 0.484 e. The fraction of sp³-hybridized carbons (Fsp3) is 0.444. The normalized spacial score (nSPS) is 10.7. The second-order valence-corrected chi connectivity index (χ2v) is 5.35. The molecule has 0 radical (unpaired) electrons. The number of fused-ring (bicyclic) bond motifs is 1. The molecule has 2 aromatic rings. The number of hydrogen-bond donors (Lipinski definition) is 0. The molecule has 23 heavy (non-hydrogen) atoms. The molecular formula is C18H23NO4. The van der Waals surface area contributed by atoms with Crippen molar-refractivity contribution in [3.63, 3.8) is 0 Å². The minimum absolute atomic E-state index is 0.0218. The highest BCUT2D eigenvalue weighted by Crippen LogP contribution is 2.23. The van der Waals surface area contributed by atoms with Crippen molar-refractivity contribution in [2.75, 3.05) is 19.7 Å². The Balaban J connectivity index is 2.20. The van der Waals surface area contributed by atoms with Crippen LogP contribution in [0.1, 0.15) is 32.8 Å². The summed E-state index contributed by atoms with van der Waals surface area (Å²) in [7, 11) is 0.